The number of benzene rings is 1. The summed E-state index contributed by atoms with van der Waals surface area (Å²) in [5.74, 6) is 0.0144. The third-order valence-corrected chi connectivity index (χ3v) is 4.17. The minimum Gasteiger partial charge on any atom is -0.377 e. The minimum absolute atomic E-state index is 0.0144. The van der Waals surface area contributed by atoms with Crippen molar-refractivity contribution < 1.29 is 4.79 Å². The highest BCUT2D eigenvalue weighted by Crippen LogP contribution is 2.25. The summed E-state index contributed by atoms with van der Waals surface area (Å²) in [4.78, 5) is 19.2. The van der Waals surface area contributed by atoms with E-state index in [4.69, 9.17) is 0 Å². The molecule has 112 valence electrons. The molecule has 0 aliphatic rings. The van der Waals surface area contributed by atoms with Gasteiger partial charge in [-0.25, -0.2) is 4.98 Å². The number of carbonyl (C=O) groups excluding carboxylic acids is 1. The molecule has 0 saturated carbocycles. The van der Waals surface area contributed by atoms with Crippen LogP contribution in [0.15, 0.2) is 24.3 Å². The first kappa shape index (κ1) is 15.5. The van der Waals surface area contributed by atoms with Crippen LogP contribution in [0.3, 0.4) is 0 Å². The van der Waals surface area contributed by atoms with E-state index in [1.165, 1.54) is 4.88 Å². The van der Waals surface area contributed by atoms with E-state index in [2.05, 4.69) is 24.1 Å². The Balaban J connectivity index is 2.10. The Kier molecular flexibility index (Phi) is 4.63. The number of thiazole rings is 1. The number of rotatable bonds is 4. The number of hydrogen-bond acceptors (Lipinski definition) is 4. The van der Waals surface area contributed by atoms with E-state index < -0.39 is 0 Å². The van der Waals surface area contributed by atoms with Crippen molar-refractivity contribution in [2.75, 3.05) is 19.4 Å². The molecule has 0 spiro atoms. The number of anilines is 1. The lowest BCUT2D eigenvalue weighted by Crippen LogP contribution is -2.21. The molecule has 0 bridgehead atoms. The minimum atomic E-state index is 0.0144. The summed E-state index contributed by atoms with van der Waals surface area (Å²) in [5.41, 5.74) is 2.77. The second kappa shape index (κ2) is 6.26. The van der Waals surface area contributed by atoms with Crippen molar-refractivity contribution in [2.45, 2.75) is 26.8 Å². The van der Waals surface area contributed by atoms with Gasteiger partial charge in [0.15, 0.2) is 0 Å². The van der Waals surface area contributed by atoms with Crippen molar-refractivity contribution >= 4 is 22.9 Å². The lowest BCUT2D eigenvalue weighted by Gasteiger charge is -2.15. The zero-order valence-corrected chi connectivity index (χ0v) is 13.9. The van der Waals surface area contributed by atoms with Crippen LogP contribution in [0.5, 0.6) is 0 Å². The van der Waals surface area contributed by atoms with Crippen molar-refractivity contribution in [3.05, 3.63) is 45.4 Å². The van der Waals surface area contributed by atoms with Gasteiger partial charge in [0.25, 0.3) is 5.91 Å². The maximum atomic E-state index is 11.8. The molecule has 1 aromatic carbocycles. The van der Waals surface area contributed by atoms with Gasteiger partial charge in [0.1, 0.15) is 0 Å². The first-order valence-electron chi connectivity index (χ1n) is 6.90. The predicted octanol–water partition coefficient (Wildman–Crippen LogP) is 3.63. The summed E-state index contributed by atoms with van der Waals surface area (Å²) < 4.78 is 0. The molecular formula is C16H21N3OS. The molecule has 2 aromatic rings. The van der Waals surface area contributed by atoms with Gasteiger partial charge in [-0.1, -0.05) is 0 Å². The van der Waals surface area contributed by atoms with Gasteiger partial charge in [-0.3, -0.25) is 4.79 Å². The van der Waals surface area contributed by atoms with Gasteiger partial charge in [0.05, 0.1) is 16.7 Å². The Morgan fingerprint density at radius 3 is 2.33 bits per heavy atom. The van der Waals surface area contributed by atoms with Crippen molar-refractivity contribution in [1.29, 1.82) is 0 Å². The van der Waals surface area contributed by atoms with Crippen molar-refractivity contribution in [3.8, 4) is 0 Å². The molecule has 1 unspecified atom stereocenters. The van der Waals surface area contributed by atoms with Gasteiger partial charge in [-0.2, -0.15) is 0 Å². The zero-order valence-electron chi connectivity index (χ0n) is 13.1. The Labute approximate surface area is 129 Å². The van der Waals surface area contributed by atoms with E-state index in [1.807, 2.05) is 31.2 Å². The summed E-state index contributed by atoms with van der Waals surface area (Å²) in [7, 11) is 3.51. The van der Waals surface area contributed by atoms with Crippen LogP contribution in [0.1, 0.15) is 38.9 Å². The molecule has 1 atom stereocenters. The quantitative estimate of drug-likeness (QED) is 0.938. The molecule has 0 saturated heterocycles. The van der Waals surface area contributed by atoms with Crippen molar-refractivity contribution in [3.63, 3.8) is 0 Å². The molecule has 4 nitrogen and oxygen atoms in total. The molecule has 21 heavy (non-hydrogen) atoms. The van der Waals surface area contributed by atoms with Crippen LogP contribution in [0.25, 0.3) is 0 Å². The topological polar surface area (TPSA) is 45.2 Å². The Hall–Kier alpha value is -1.88. The fraction of sp³-hybridized carbons (Fsp3) is 0.375. The molecule has 0 fully saturated rings. The predicted molar refractivity (Wildman–Crippen MR) is 88.1 cm³/mol. The van der Waals surface area contributed by atoms with Crippen LogP contribution >= 0.6 is 11.3 Å². The van der Waals surface area contributed by atoms with Crippen LogP contribution in [0.2, 0.25) is 0 Å². The molecule has 1 heterocycles. The van der Waals surface area contributed by atoms with E-state index in [0.29, 0.717) is 5.56 Å². The second-order valence-electron chi connectivity index (χ2n) is 5.32. The molecular weight excluding hydrogens is 282 g/mol. The smallest absolute Gasteiger partial charge is 0.253 e. The Bertz CT molecular complexity index is 631. The number of amides is 1. The van der Waals surface area contributed by atoms with Gasteiger partial charge in [-0.15, -0.1) is 11.3 Å². The normalized spacial score (nSPS) is 12.0. The molecule has 0 aliphatic carbocycles. The number of carbonyl (C=O) groups is 1. The molecule has 0 aliphatic heterocycles. The van der Waals surface area contributed by atoms with E-state index in [9.17, 15) is 4.79 Å². The fourth-order valence-electron chi connectivity index (χ4n) is 2.23. The van der Waals surface area contributed by atoms with E-state index in [0.717, 1.165) is 16.4 Å². The Morgan fingerprint density at radius 1 is 1.24 bits per heavy atom. The van der Waals surface area contributed by atoms with Gasteiger partial charge in [0, 0.05) is 30.2 Å². The van der Waals surface area contributed by atoms with Crippen LogP contribution < -0.4 is 5.32 Å². The van der Waals surface area contributed by atoms with Gasteiger partial charge in [-0.05, 0) is 45.0 Å². The summed E-state index contributed by atoms with van der Waals surface area (Å²) in [6, 6.07) is 7.70. The molecule has 1 N–H and O–H groups in total. The Morgan fingerprint density at radius 2 is 1.86 bits per heavy atom. The number of aryl methyl sites for hydroxylation is 2. The van der Waals surface area contributed by atoms with Crippen LogP contribution in [0.4, 0.5) is 5.69 Å². The SMILES string of the molecule is Cc1nc(C(C)Nc2ccc(C(=O)N(C)C)cc2)c(C)s1. The maximum absolute atomic E-state index is 11.8. The first-order valence-corrected chi connectivity index (χ1v) is 7.72. The summed E-state index contributed by atoms with van der Waals surface area (Å²) >= 11 is 1.72. The lowest BCUT2D eigenvalue weighted by molar-refractivity contribution is 0.0827. The largest absolute Gasteiger partial charge is 0.377 e. The summed E-state index contributed by atoms with van der Waals surface area (Å²) in [6.07, 6.45) is 0. The number of nitrogens with zero attached hydrogens (tertiary/aromatic N) is 2. The molecule has 0 radical (unpaired) electrons. The third kappa shape index (κ3) is 3.61. The van der Waals surface area contributed by atoms with E-state index >= 15 is 0 Å². The summed E-state index contributed by atoms with van der Waals surface area (Å²) in [5, 5.41) is 4.51. The van der Waals surface area contributed by atoms with E-state index in [1.54, 1.807) is 30.3 Å². The molecule has 1 amide bonds. The molecule has 1 aromatic heterocycles. The lowest BCUT2D eigenvalue weighted by atomic mass is 10.1. The van der Waals surface area contributed by atoms with Crippen molar-refractivity contribution in [2.24, 2.45) is 0 Å². The van der Waals surface area contributed by atoms with Crippen LogP contribution in [0, 0.1) is 13.8 Å². The number of hydrogen-bond donors (Lipinski definition) is 1. The number of aromatic nitrogens is 1. The fourth-order valence-corrected chi connectivity index (χ4v) is 3.15. The van der Waals surface area contributed by atoms with Crippen LogP contribution in [-0.4, -0.2) is 29.9 Å². The number of nitrogens with one attached hydrogen (secondary N) is 1. The van der Waals surface area contributed by atoms with Gasteiger partial charge in [0.2, 0.25) is 0 Å². The second-order valence-corrected chi connectivity index (χ2v) is 6.72. The average Bonchev–Trinajstić information content (AvgIpc) is 2.77. The highest BCUT2D eigenvalue weighted by Gasteiger charge is 2.13. The molecule has 5 heteroatoms. The zero-order chi connectivity index (χ0) is 15.6. The molecule has 2 rings (SSSR count). The standard InChI is InChI=1S/C16H21N3OS/c1-10(15-11(2)21-12(3)18-15)17-14-8-6-13(7-9-14)16(20)19(4)5/h6-10,17H,1-5H3. The monoisotopic (exact) mass is 303 g/mol. The highest BCUT2D eigenvalue weighted by molar-refractivity contribution is 7.11. The summed E-state index contributed by atoms with van der Waals surface area (Å²) in [6.45, 7) is 6.22. The maximum Gasteiger partial charge on any atom is 0.253 e. The van der Waals surface area contributed by atoms with Gasteiger partial charge >= 0.3 is 0 Å². The van der Waals surface area contributed by atoms with Crippen molar-refractivity contribution in [1.82, 2.24) is 9.88 Å². The first-order chi connectivity index (χ1) is 9.88. The highest BCUT2D eigenvalue weighted by atomic mass is 32.1. The average molecular weight is 303 g/mol. The van der Waals surface area contributed by atoms with Crippen LogP contribution in [-0.2, 0) is 0 Å². The van der Waals surface area contributed by atoms with Gasteiger partial charge < -0.3 is 10.2 Å². The third-order valence-electron chi connectivity index (χ3n) is 3.27. The van der Waals surface area contributed by atoms with E-state index in [-0.39, 0.29) is 11.9 Å².